The SMILES string of the molecule is C[C@H](c1c[nH]c2ccccc12)[C@@H](NC(=O)/C=C/C(C)(C)N)C(=O)N1CCC2(CC1)C[C@@H](C(N)=O)c1ccccc12. The van der Waals surface area contributed by atoms with Gasteiger partial charge in [0.1, 0.15) is 6.04 Å². The zero-order chi connectivity index (χ0) is 28.7. The third-order valence-electron chi connectivity index (χ3n) is 8.72. The second-order valence-corrected chi connectivity index (χ2v) is 12.1. The van der Waals surface area contributed by atoms with Crippen LogP contribution in [0.5, 0.6) is 0 Å². The minimum Gasteiger partial charge on any atom is -0.369 e. The van der Waals surface area contributed by atoms with Gasteiger partial charge >= 0.3 is 0 Å². The highest BCUT2D eigenvalue weighted by Gasteiger charge is 2.48. The van der Waals surface area contributed by atoms with E-state index in [0.29, 0.717) is 19.5 Å². The van der Waals surface area contributed by atoms with E-state index in [9.17, 15) is 14.4 Å². The molecule has 0 saturated carbocycles. The molecule has 40 heavy (non-hydrogen) atoms. The maximum Gasteiger partial charge on any atom is 0.245 e. The summed E-state index contributed by atoms with van der Waals surface area (Å²) >= 11 is 0. The summed E-state index contributed by atoms with van der Waals surface area (Å²) < 4.78 is 0. The van der Waals surface area contributed by atoms with Crippen molar-refractivity contribution in [2.45, 2.75) is 68.9 Å². The van der Waals surface area contributed by atoms with Gasteiger partial charge < -0.3 is 26.7 Å². The monoisotopic (exact) mass is 541 g/mol. The van der Waals surface area contributed by atoms with Gasteiger partial charge in [-0.25, -0.2) is 0 Å². The van der Waals surface area contributed by atoms with Crippen molar-refractivity contribution in [3.8, 4) is 0 Å². The Hall–Kier alpha value is -3.91. The molecule has 8 heteroatoms. The molecule has 1 aromatic heterocycles. The van der Waals surface area contributed by atoms with Crippen molar-refractivity contribution in [2.24, 2.45) is 11.5 Å². The number of para-hydroxylation sites is 1. The second-order valence-electron chi connectivity index (χ2n) is 12.1. The zero-order valence-corrected chi connectivity index (χ0v) is 23.4. The van der Waals surface area contributed by atoms with Gasteiger partial charge in [-0.3, -0.25) is 14.4 Å². The van der Waals surface area contributed by atoms with Gasteiger partial charge in [0.2, 0.25) is 17.7 Å². The molecular weight excluding hydrogens is 502 g/mol. The Morgan fingerprint density at radius 1 is 1.10 bits per heavy atom. The lowest BCUT2D eigenvalue weighted by Crippen LogP contribution is -2.54. The molecular formula is C32H39N5O3. The summed E-state index contributed by atoms with van der Waals surface area (Å²) in [6, 6.07) is 15.2. The number of nitrogens with one attached hydrogen (secondary N) is 2. The van der Waals surface area contributed by atoms with Crippen LogP contribution in [0.15, 0.2) is 66.9 Å². The number of fused-ring (bicyclic) bond motifs is 3. The van der Waals surface area contributed by atoms with Crippen LogP contribution in [0.4, 0.5) is 0 Å². The van der Waals surface area contributed by atoms with E-state index in [0.717, 1.165) is 34.9 Å². The average Bonchev–Trinajstić information content (AvgIpc) is 3.50. The molecule has 6 N–H and O–H groups in total. The first-order chi connectivity index (χ1) is 19.0. The van der Waals surface area contributed by atoms with Crippen LogP contribution < -0.4 is 16.8 Å². The highest BCUT2D eigenvalue weighted by molar-refractivity contribution is 5.94. The Morgan fingerprint density at radius 2 is 1.77 bits per heavy atom. The first-order valence-electron chi connectivity index (χ1n) is 14.0. The number of H-pyrrole nitrogens is 1. The summed E-state index contributed by atoms with van der Waals surface area (Å²) in [6.07, 6.45) is 7.12. The van der Waals surface area contributed by atoms with Crippen molar-refractivity contribution in [3.05, 3.63) is 83.6 Å². The molecule has 1 fully saturated rings. The Balaban J connectivity index is 1.39. The first kappa shape index (κ1) is 27.6. The van der Waals surface area contributed by atoms with Gasteiger partial charge in [-0.1, -0.05) is 55.5 Å². The predicted octanol–water partition coefficient (Wildman–Crippen LogP) is 3.58. The number of hydrogen-bond acceptors (Lipinski definition) is 4. The number of piperidine rings is 1. The smallest absolute Gasteiger partial charge is 0.245 e. The van der Waals surface area contributed by atoms with E-state index in [1.165, 1.54) is 11.6 Å². The summed E-state index contributed by atoms with van der Waals surface area (Å²) in [5, 5.41) is 4.02. The number of benzene rings is 2. The lowest BCUT2D eigenvalue weighted by Gasteiger charge is -2.42. The highest BCUT2D eigenvalue weighted by atomic mass is 16.2. The van der Waals surface area contributed by atoms with E-state index in [-0.39, 0.29) is 35.0 Å². The molecule has 1 spiro atoms. The normalized spacial score (nSPS) is 20.0. The first-order valence-corrected chi connectivity index (χ1v) is 14.0. The number of hydrogen-bond donors (Lipinski definition) is 4. The van der Waals surface area contributed by atoms with Gasteiger partial charge in [0.15, 0.2) is 0 Å². The van der Waals surface area contributed by atoms with Crippen molar-refractivity contribution in [1.29, 1.82) is 0 Å². The van der Waals surface area contributed by atoms with Crippen LogP contribution >= 0.6 is 0 Å². The summed E-state index contributed by atoms with van der Waals surface area (Å²) in [5.74, 6) is -1.35. The van der Waals surface area contributed by atoms with Crippen LogP contribution in [0.25, 0.3) is 10.9 Å². The fraction of sp³-hybridized carbons (Fsp3) is 0.406. The van der Waals surface area contributed by atoms with Crippen molar-refractivity contribution in [3.63, 3.8) is 0 Å². The molecule has 1 aliphatic heterocycles. The molecule has 3 aromatic rings. The largest absolute Gasteiger partial charge is 0.369 e. The van der Waals surface area contributed by atoms with E-state index in [1.807, 2.05) is 74.3 Å². The second kappa shape index (κ2) is 10.6. The minimum atomic E-state index is -0.763. The van der Waals surface area contributed by atoms with Crippen molar-refractivity contribution in [1.82, 2.24) is 15.2 Å². The van der Waals surface area contributed by atoms with Gasteiger partial charge in [0.25, 0.3) is 0 Å². The number of rotatable bonds is 7. The van der Waals surface area contributed by atoms with Crippen LogP contribution in [0.1, 0.15) is 68.6 Å². The number of amides is 3. The quantitative estimate of drug-likeness (QED) is 0.340. The maximum atomic E-state index is 14.1. The summed E-state index contributed by atoms with van der Waals surface area (Å²) in [5.41, 5.74) is 15.1. The van der Waals surface area contributed by atoms with Crippen LogP contribution in [0.2, 0.25) is 0 Å². The number of carbonyl (C=O) groups is 3. The molecule has 5 rings (SSSR count). The number of nitrogens with two attached hydrogens (primary N) is 2. The average molecular weight is 542 g/mol. The lowest BCUT2D eigenvalue weighted by molar-refractivity contribution is -0.137. The van der Waals surface area contributed by atoms with Gasteiger partial charge in [0, 0.05) is 53.1 Å². The molecule has 2 aliphatic rings. The van der Waals surface area contributed by atoms with Crippen molar-refractivity contribution in [2.75, 3.05) is 13.1 Å². The number of aromatic nitrogens is 1. The molecule has 2 aromatic carbocycles. The van der Waals surface area contributed by atoms with Crippen LogP contribution in [-0.2, 0) is 19.8 Å². The number of primary amides is 1. The topological polar surface area (TPSA) is 134 Å². The Bertz CT molecular complexity index is 1460. The zero-order valence-electron chi connectivity index (χ0n) is 23.4. The van der Waals surface area contributed by atoms with Crippen LogP contribution in [0.3, 0.4) is 0 Å². The Morgan fingerprint density at radius 3 is 2.48 bits per heavy atom. The van der Waals surface area contributed by atoms with Gasteiger partial charge in [-0.15, -0.1) is 0 Å². The van der Waals surface area contributed by atoms with Crippen LogP contribution in [-0.4, -0.2) is 52.3 Å². The van der Waals surface area contributed by atoms with E-state index in [4.69, 9.17) is 11.5 Å². The third-order valence-corrected chi connectivity index (χ3v) is 8.72. The number of carbonyl (C=O) groups excluding carboxylic acids is 3. The molecule has 210 valence electrons. The van der Waals surface area contributed by atoms with E-state index >= 15 is 0 Å². The number of nitrogens with zero attached hydrogens (tertiary/aromatic N) is 1. The Labute approximate surface area is 235 Å². The molecule has 1 saturated heterocycles. The van der Waals surface area contributed by atoms with Crippen molar-refractivity contribution < 1.29 is 14.4 Å². The van der Waals surface area contributed by atoms with E-state index in [2.05, 4.69) is 16.4 Å². The van der Waals surface area contributed by atoms with E-state index in [1.54, 1.807) is 6.08 Å². The van der Waals surface area contributed by atoms with E-state index < -0.39 is 11.6 Å². The van der Waals surface area contributed by atoms with Gasteiger partial charge in [-0.2, -0.15) is 0 Å². The molecule has 0 bridgehead atoms. The summed E-state index contributed by atoms with van der Waals surface area (Å²) in [4.78, 5) is 44.5. The lowest BCUT2D eigenvalue weighted by atomic mass is 9.73. The fourth-order valence-electron chi connectivity index (χ4n) is 6.52. The van der Waals surface area contributed by atoms with Crippen molar-refractivity contribution >= 4 is 28.6 Å². The maximum absolute atomic E-state index is 14.1. The van der Waals surface area contributed by atoms with Crippen LogP contribution in [0, 0.1) is 0 Å². The molecule has 2 heterocycles. The molecule has 3 amide bonds. The molecule has 0 radical (unpaired) electrons. The minimum absolute atomic E-state index is 0.112. The van der Waals surface area contributed by atoms with Gasteiger partial charge in [-0.05, 0) is 55.9 Å². The Kier molecular flexibility index (Phi) is 7.31. The molecule has 1 aliphatic carbocycles. The number of likely N-dealkylation sites (tertiary alicyclic amines) is 1. The van der Waals surface area contributed by atoms with Gasteiger partial charge in [0.05, 0.1) is 5.92 Å². The molecule has 0 unspecified atom stereocenters. The molecule has 3 atom stereocenters. The summed E-state index contributed by atoms with van der Waals surface area (Å²) in [6.45, 7) is 6.67. The summed E-state index contributed by atoms with van der Waals surface area (Å²) in [7, 11) is 0. The highest BCUT2D eigenvalue weighted by Crippen LogP contribution is 2.51. The third kappa shape index (κ3) is 5.28. The fourth-order valence-corrected chi connectivity index (χ4v) is 6.52. The predicted molar refractivity (Wildman–Crippen MR) is 157 cm³/mol. The number of aromatic amines is 1. The molecule has 8 nitrogen and oxygen atoms in total. The standard InChI is InChI=1S/C32H39N5O3/c1-20(24-19-35-26-11-7-5-9-22(24)26)28(36-27(38)12-13-31(2,3)34)30(40)37-16-14-32(15-17-37)18-23(29(33)39)21-8-4-6-10-25(21)32/h4-13,19-20,23,28,35H,14-18,34H2,1-3H3,(H2,33,39)(H,36,38)/b13-12+/t20-,23-,28-/m1/s1.